The van der Waals surface area contributed by atoms with E-state index >= 15 is 0 Å². The second-order valence-corrected chi connectivity index (χ2v) is 4.95. The lowest BCUT2D eigenvalue weighted by atomic mass is 9.90. The molecule has 0 aliphatic carbocycles. The van der Waals surface area contributed by atoms with E-state index in [4.69, 9.17) is 0 Å². The number of rotatable bonds is 4. The zero-order valence-corrected chi connectivity index (χ0v) is 10.9. The van der Waals surface area contributed by atoms with Crippen LogP contribution in [-0.2, 0) is 5.54 Å². The summed E-state index contributed by atoms with van der Waals surface area (Å²) in [4.78, 5) is 4.38. The van der Waals surface area contributed by atoms with Crippen molar-refractivity contribution in [3.63, 3.8) is 0 Å². The van der Waals surface area contributed by atoms with Crippen LogP contribution in [0.5, 0.6) is 5.75 Å². The first-order chi connectivity index (χ1) is 7.36. The molecule has 0 spiro atoms. The van der Waals surface area contributed by atoms with Crippen molar-refractivity contribution in [2.24, 2.45) is 0 Å². The highest BCUT2D eigenvalue weighted by molar-refractivity contribution is 5.31. The molecule has 1 aromatic rings. The second kappa shape index (κ2) is 4.85. The predicted molar refractivity (Wildman–Crippen MR) is 67.7 cm³/mol. The summed E-state index contributed by atoms with van der Waals surface area (Å²) in [6.45, 7) is 3.14. The van der Waals surface area contributed by atoms with Gasteiger partial charge in [-0.05, 0) is 52.8 Å². The minimum absolute atomic E-state index is 0.0444. The summed E-state index contributed by atoms with van der Waals surface area (Å²) in [5.74, 6) is 0.315. The molecule has 0 saturated carbocycles. The first-order valence-electron chi connectivity index (χ1n) is 5.48. The molecule has 1 unspecified atom stereocenters. The van der Waals surface area contributed by atoms with Crippen molar-refractivity contribution < 1.29 is 5.11 Å². The molecule has 0 bridgehead atoms. The molecule has 0 aliphatic heterocycles. The summed E-state index contributed by atoms with van der Waals surface area (Å²) in [6.07, 6.45) is 0. The number of benzene rings is 1. The lowest BCUT2D eigenvalue weighted by Gasteiger charge is -2.39. The molecule has 0 aliphatic rings. The molecule has 0 saturated heterocycles. The molecule has 0 aromatic heterocycles. The van der Waals surface area contributed by atoms with Gasteiger partial charge < -0.3 is 10.0 Å². The Balaban J connectivity index is 3.06. The first-order valence-corrected chi connectivity index (χ1v) is 5.48. The largest absolute Gasteiger partial charge is 0.508 e. The van der Waals surface area contributed by atoms with Crippen LogP contribution >= 0.6 is 0 Å². The van der Waals surface area contributed by atoms with Crippen LogP contribution in [0.15, 0.2) is 24.3 Å². The summed E-state index contributed by atoms with van der Waals surface area (Å²) in [5, 5.41) is 9.32. The molecule has 90 valence electrons. The zero-order valence-electron chi connectivity index (χ0n) is 10.9. The minimum Gasteiger partial charge on any atom is -0.508 e. The number of likely N-dealkylation sites (N-methyl/N-ethyl adjacent to an activating group) is 2. The average molecular weight is 222 g/mol. The Kier molecular flexibility index (Phi) is 3.94. The van der Waals surface area contributed by atoms with E-state index < -0.39 is 0 Å². The molecule has 0 heterocycles. The van der Waals surface area contributed by atoms with Gasteiger partial charge in [-0.2, -0.15) is 0 Å². The van der Waals surface area contributed by atoms with Crippen molar-refractivity contribution in [3.05, 3.63) is 29.8 Å². The number of aromatic hydroxyl groups is 1. The SMILES string of the molecule is CN(C)CC(C)(c1ccc(O)cc1)N(C)C. The van der Waals surface area contributed by atoms with Gasteiger partial charge in [-0.1, -0.05) is 12.1 Å². The Bertz CT molecular complexity index is 332. The number of hydrogen-bond acceptors (Lipinski definition) is 3. The molecule has 1 rings (SSSR count). The van der Waals surface area contributed by atoms with Gasteiger partial charge in [0, 0.05) is 6.54 Å². The fourth-order valence-electron chi connectivity index (χ4n) is 1.93. The second-order valence-electron chi connectivity index (χ2n) is 4.95. The van der Waals surface area contributed by atoms with Crippen molar-refractivity contribution >= 4 is 0 Å². The predicted octanol–water partition coefficient (Wildman–Crippen LogP) is 1.73. The van der Waals surface area contributed by atoms with Crippen LogP contribution in [0.1, 0.15) is 12.5 Å². The number of nitrogens with zero attached hydrogens (tertiary/aromatic N) is 2. The van der Waals surface area contributed by atoms with Gasteiger partial charge in [-0.25, -0.2) is 0 Å². The average Bonchev–Trinajstić information content (AvgIpc) is 2.17. The molecule has 3 heteroatoms. The number of phenolic OH excluding ortho intramolecular Hbond substituents is 1. The third-order valence-electron chi connectivity index (χ3n) is 3.10. The highest BCUT2D eigenvalue weighted by Gasteiger charge is 2.29. The Labute approximate surface area is 98.3 Å². The maximum absolute atomic E-state index is 9.32. The molecular weight excluding hydrogens is 200 g/mol. The molecule has 0 amide bonds. The zero-order chi connectivity index (χ0) is 12.3. The summed E-state index contributed by atoms with van der Waals surface area (Å²) in [6, 6.07) is 7.46. The Morgan fingerprint density at radius 1 is 1.06 bits per heavy atom. The maximum atomic E-state index is 9.32. The summed E-state index contributed by atoms with van der Waals surface area (Å²) in [7, 11) is 8.30. The first kappa shape index (κ1) is 13.0. The van der Waals surface area contributed by atoms with Gasteiger partial charge in [0.25, 0.3) is 0 Å². The van der Waals surface area contributed by atoms with E-state index in [-0.39, 0.29) is 5.54 Å². The molecular formula is C13H22N2O. The van der Waals surface area contributed by atoms with Gasteiger partial charge in [-0.15, -0.1) is 0 Å². The normalized spacial score (nSPS) is 15.4. The summed E-state index contributed by atoms with van der Waals surface area (Å²) >= 11 is 0. The lowest BCUT2D eigenvalue weighted by molar-refractivity contribution is 0.128. The molecule has 1 N–H and O–H groups in total. The summed E-state index contributed by atoms with van der Waals surface area (Å²) < 4.78 is 0. The van der Waals surface area contributed by atoms with E-state index in [0.29, 0.717) is 5.75 Å². The van der Waals surface area contributed by atoms with Gasteiger partial charge in [0.15, 0.2) is 0 Å². The standard InChI is InChI=1S/C13H22N2O/c1-13(15(4)5,10-14(2)3)11-6-8-12(16)9-7-11/h6-9,16H,10H2,1-5H3. The smallest absolute Gasteiger partial charge is 0.115 e. The van der Waals surface area contributed by atoms with Crippen molar-refractivity contribution in [2.45, 2.75) is 12.5 Å². The third kappa shape index (κ3) is 2.74. The lowest BCUT2D eigenvalue weighted by Crippen LogP contribution is -2.46. The monoisotopic (exact) mass is 222 g/mol. The van der Waals surface area contributed by atoms with Crippen LogP contribution < -0.4 is 0 Å². The van der Waals surface area contributed by atoms with E-state index in [0.717, 1.165) is 6.54 Å². The van der Waals surface area contributed by atoms with Gasteiger partial charge in [0.2, 0.25) is 0 Å². The van der Waals surface area contributed by atoms with E-state index in [1.165, 1.54) is 5.56 Å². The van der Waals surface area contributed by atoms with Crippen molar-refractivity contribution in [1.82, 2.24) is 9.80 Å². The minimum atomic E-state index is -0.0444. The number of hydrogen-bond donors (Lipinski definition) is 1. The van der Waals surface area contributed by atoms with E-state index in [1.54, 1.807) is 12.1 Å². The van der Waals surface area contributed by atoms with Crippen LogP contribution in [0.2, 0.25) is 0 Å². The topological polar surface area (TPSA) is 26.7 Å². The van der Waals surface area contributed by atoms with Crippen LogP contribution in [-0.4, -0.2) is 49.6 Å². The Morgan fingerprint density at radius 2 is 1.56 bits per heavy atom. The molecule has 0 fully saturated rings. The van der Waals surface area contributed by atoms with Crippen molar-refractivity contribution in [2.75, 3.05) is 34.7 Å². The Morgan fingerprint density at radius 3 is 1.94 bits per heavy atom. The van der Waals surface area contributed by atoms with Gasteiger partial charge >= 0.3 is 0 Å². The molecule has 1 aromatic carbocycles. The van der Waals surface area contributed by atoms with Gasteiger partial charge in [0.05, 0.1) is 5.54 Å². The van der Waals surface area contributed by atoms with Crippen LogP contribution in [0.3, 0.4) is 0 Å². The van der Waals surface area contributed by atoms with Crippen LogP contribution in [0, 0.1) is 0 Å². The molecule has 16 heavy (non-hydrogen) atoms. The Hall–Kier alpha value is -1.06. The highest BCUT2D eigenvalue weighted by atomic mass is 16.3. The van der Waals surface area contributed by atoms with Gasteiger partial charge in [-0.3, -0.25) is 4.90 Å². The fraction of sp³-hybridized carbons (Fsp3) is 0.538. The third-order valence-corrected chi connectivity index (χ3v) is 3.10. The van der Waals surface area contributed by atoms with Crippen molar-refractivity contribution in [3.8, 4) is 5.75 Å². The summed E-state index contributed by atoms with van der Waals surface area (Å²) in [5.41, 5.74) is 1.17. The van der Waals surface area contributed by atoms with Crippen LogP contribution in [0.4, 0.5) is 0 Å². The molecule has 0 radical (unpaired) electrons. The van der Waals surface area contributed by atoms with E-state index in [9.17, 15) is 5.11 Å². The van der Waals surface area contributed by atoms with Gasteiger partial charge in [0.1, 0.15) is 5.75 Å². The number of phenols is 1. The van der Waals surface area contributed by atoms with E-state index in [2.05, 4.69) is 44.9 Å². The fourth-order valence-corrected chi connectivity index (χ4v) is 1.93. The quantitative estimate of drug-likeness (QED) is 0.840. The molecule has 3 nitrogen and oxygen atoms in total. The van der Waals surface area contributed by atoms with Crippen molar-refractivity contribution in [1.29, 1.82) is 0 Å². The van der Waals surface area contributed by atoms with Crippen LogP contribution in [0.25, 0.3) is 0 Å². The maximum Gasteiger partial charge on any atom is 0.115 e. The van der Waals surface area contributed by atoms with E-state index in [1.807, 2.05) is 12.1 Å². The molecule has 1 atom stereocenters. The highest BCUT2D eigenvalue weighted by Crippen LogP contribution is 2.27.